The lowest BCUT2D eigenvalue weighted by Crippen LogP contribution is -2.29. The van der Waals surface area contributed by atoms with Gasteiger partial charge in [-0.1, -0.05) is 18.2 Å². The molecule has 1 fully saturated rings. The molecule has 13 heavy (non-hydrogen) atoms. The van der Waals surface area contributed by atoms with Crippen molar-refractivity contribution in [1.29, 1.82) is 0 Å². The first kappa shape index (κ1) is 8.57. The van der Waals surface area contributed by atoms with Crippen molar-refractivity contribution in [2.45, 2.75) is 24.8 Å². The second kappa shape index (κ2) is 3.04. The number of para-hydroxylation sites is 1. The fourth-order valence-electron chi connectivity index (χ4n) is 1.69. The van der Waals surface area contributed by atoms with E-state index in [0.717, 1.165) is 12.0 Å². The Morgan fingerprint density at radius 2 is 2.08 bits per heavy atom. The molecule has 70 valence electrons. The summed E-state index contributed by atoms with van der Waals surface area (Å²) < 4.78 is 0. The molecule has 1 aromatic carbocycles. The van der Waals surface area contributed by atoms with Crippen LogP contribution in [0.1, 0.15) is 18.4 Å². The van der Waals surface area contributed by atoms with Gasteiger partial charge in [0, 0.05) is 5.54 Å². The number of hydrogen-bond donors (Lipinski definition) is 2. The van der Waals surface area contributed by atoms with Gasteiger partial charge in [0.15, 0.2) is 0 Å². The summed E-state index contributed by atoms with van der Waals surface area (Å²) in [6.45, 7) is 0. The highest BCUT2D eigenvalue weighted by Gasteiger charge is 2.41. The lowest BCUT2D eigenvalue weighted by molar-refractivity contribution is 0.457. The van der Waals surface area contributed by atoms with Gasteiger partial charge in [-0.05, 0) is 37.9 Å². The van der Waals surface area contributed by atoms with Gasteiger partial charge in [0.2, 0.25) is 0 Å². The van der Waals surface area contributed by atoms with Crippen LogP contribution in [0.15, 0.2) is 24.3 Å². The standard InChI is InChI=1S/C11H15NO/c1-12-11(6-7-11)8-9-4-2-3-5-10(9)13/h2-5,12-13H,6-8H2,1H3. The summed E-state index contributed by atoms with van der Waals surface area (Å²) in [7, 11) is 1.99. The topological polar surface area (TPSA) is 32.3 Å². The van der Waals surface area contributed by atoms with Gasteiger partial charge in [-0.15, -0.1) is 0 Å². The van der Waals surface area contributed by atoms with Crippen molar-refractivity contribution in [3.05, 3.63) is 29.8 Å². The molecule has 0 radical (unpaired) electrons. The molecule has 0 spiro atoms. The molecule has 1 aliphatic rings. The van der Waals surface area contributed by atoms with Crippen LogP contribution in [0.25, 0.3) is 0 Å². The van der Waals surface area contributed by atoms with Gasteiger partial charge in [-0.2, -0.15) is 0 Å². The molecule has 2 rings (SSSR count). The molecule has 0 aliphatic heterocycles. The molecule has 0 unspecified atom stereocenters. The third-order valence-corrected chi connectivity index (χ3v) is 2.90. The zero-order chi connectivity index (χ0) is 9.31. The van der Waals surface area contributed by atoms with Crippen LogP contribution in [0.4, 0.5) is 0 Å². The highest BCUT2D eigenvalue weighted by atomic mass is 16.3. The molecule has 1 aromatic rings. The second-order valence-electron chi connectivity index (χ2n) is 3.84. The van der Waals surface area contributed by atoms with Gasteiger partial charge in [0.05, 0.1) is 0 Å². The Kier molecular flexibility index (Phi) is 2.00. The summed E-state index contributed by atoms with van der Waals surface area (Å²) in [5.41, 5.74) is 1.33. The van der Waals surface area contributed by atoms with Crippen molar-refractivity contribution in [2.75, 3.05) is 7.05 Å². The van der Waals surface area contributed by atoms with Gasteiger partial charge in [-0.25, -0.2) is 0 Å². The number of likely N-dealkylation sites (N-methyl/N-ethyl adjacent to an activating group) is 1. The minimum absolute atomic E-state index is 0.277. The van der Waals surface area contributed by atoms with E-state index in [0.29, 0.717) is 5.75 Å². The maximum Gasteiger partial charge on any atom is 0.118 e. The number of nitrogens with one attached hydrogen (secondary N) is 1. The molecule has 0 aromatic heterocycles. The molecule has 0 bridgehead atoms. The van der Waals surface area contributed by atoms with E-state index in [1.807, 2.05) is 25.2 Å². The van der Waals surface area contributed by atoms with Gasteiger partial charge >= 0.3 is 0 Å². The zero-order valence-corrected chi connectivity index (χ0v) is 7.88. The Morgan fingerprint density at radius 3 is 2.62 bits per heavy atom. The Morgan fingerprint density at radius 1 is 1.38 bits per heavy atom. The zero-order valence-electron chi connectivity index (χ0n) is 7.88. The van der Waals surface area contributed by atoms with Crippen LogP contribution in [-0.4, -0.2) is 17.7 Å². The third kappa shape index (κ3) is 1.68. The Hall–Kier alpha value is -1.02. The quantitative estimate of drug-likeness (QED) is 0.736. The maximum absolute atomic E-state index is 9.57. The summed E-state index contributed by atoms with van der Waals surface area (Å²) in [6, 6.07) is 7.58. The summed E-state index contributed by atoms with van der Waals surface area (Å²) in [5, 5.41) is 12.9. The van der Waals surface area contributed by atoms with Gasteiger partial charge in [0.1, 0.15) is 5.75 Å². The molecule has 1 saturated carbocycles. The molecular weight excluding hydrogens is 162 g/mol. The predicted octanol–water partition coefficient (Wildman–Crippen LogP) is 1.69. The molecule has 0 saturated heterocycles. The smallest absolute Gasteiger partial charge is 0.118 e. The molecule has 0 amide bonds. The van der Waals surface area contributed by atoms with E-state index in [9.17, 15) is 5.11 Å². The fraction of sp³-hybridized carbons (Fsp3) is 0.455. The molecule has 2 heteroatoms. The normalized spacial score (nSPS) is 18.5. The number of aromatic hydroxyl groups is 1. The summed E-state index contributed by atoms with van der Waals surface area (Å²) in [6.07, 6.45) is 3.38. The molecule has 0 atom stereocenters. The van der Waals surface area contributed by atoms with Crippen LogP contribution in [0.3, 0.4) is 0 Å². The average Bonchev–Trinajstić information content (AvgIpc) is 2.90. The Bertz CT molecular complexity index is 305. The first-order valence-corrected chi connectivity index (χ1v) is 4.72. The van der Waals surface area contributed by atoms with Gasteiger partial charge < -0.3 is 10.4 Å². The first-order chi connectivity index (χ1) is 6.26. The predicted molar refractivity (Wildman–Crippen MR) is 52.8 cm³/mol. The highest BCUT2D eigenvalue weighted by Crippen LogP contribution is 2.39. The van der Waals surface area contributed by atoms with Crippen molar-refractivity contribution in [3.8, 4) is 5.75 Å². The maximum atomic E-state index is 9.57. The van der Waals surface area contributed by atoms with E-state index in [4.69, 9.17) is 0 Å². The minimum atomic E-state index is 0.277. The van der Waals surface area contributed by atoms with E-state index < -0.39 is 0 Å². The molecular formula is C11H15NO. The Labute approximate surface area is 78.6 Å². The largest absolute Gasteiger partial charge is 0.508 e. The van der Waals surface area contributed by atoms with Crippen LogP contribution in [0.5, 0.6) is 5.75 Å². The van der Waals surface area contributed by atoms with Gasteiger partial charge in [0.25, 0.3) is 0 Å². The highest BCUT2D eigenvalue weighted by molar-refractivity contribution is 5.34. The number of phenolic OH excluding ortho intramolecular Hbond substituents is 1. The van der Waals surface area contributed by atoms with Crippen LogP contribution >= 0.6 is 0 Å². The lowest BCUT2D eigenvalue weighted by Gasteiger charge is -2.14. The van der Waals surface area contributed by atoms with Crippen molar-refractivity contribution >= 4 is 0 Å². The van der Waals surface area contributed by atoms with E-state index in [1.165, 1.54) is 12.8 Å². The van der Waals surface area contributed by atoms with Crippen LogP contribution in [0.2, 0.25) is 0 Å². The summed E-state index contributed by atoms with van der Waals surface area (Å²) in [4.78, 5) is 0. The molecule has 2 nitrogen and oxygen atoms in total. The third-order valence-electron chi connectivity index (χ3n) is 2.90. The Balaban J connectivity index is 2.14. The van der Waals surface area contributed by atoms with E-state index in [1.54, 1.807) is 6.07 Å². The van der Waals surface area contributed by atoms with Crippen LogP contribution in [0, 0.1) is 0 Å². The van der Waals surface area contributed by atoms with E-state index in [-0.39, 0.29) is 5.54 Å². The number of rotatable bonds is 3. The molecule has 1 aliphatic carbocycles. The number of benzene rings is 1. The fourth-order valence-corrected chi connectivity index (χ4v) is 1.69. The number of hydrogen-bond acceptors (Lipinski definition) is 2. The van der Waals surface area contributed by atoms with Crippen molar-refractivity contribution < 1.29 is 5.11 Å². The minimum Gasteiger partial charge on any atom is -0.508 e. The number of phenols is 1. The summed E-state index contributed by atoms with van der Waals surface area (Å²) >= 11 is 0. The lowest BCUT2D eigenvalue weighted by atomic mass is 10.0. The first-order valence-electron chi connectivity index (χ1n) is 4.72. The second-order valence-corrected chi connectivity index (χ2v) is 3.84. The van der Waals surface area contributed by atoms with Crippen molar-refractivity contribution in [2.24, 2.45) is 0 Å². The van der Waals surface area contributed by atoms with E-state index in [2.05, 4.69) is 5.32 Å². The average molecular weight is 177 g/mol. The van der Waals surface area contributed by atoms with Crippen LogP contribution < -0.4 is 5.32 Å². The summed E-state index contributed by atoms with van der Waals surface area (Å²) in [5.74, 6) is 0.420. The SMILES string of the molecule is CNC1(Cc2ccccc2O)CC1. The van der Waals surface area contributed by atoms with Crippen molar-refractivity contribution in [3.63, 3.8) is 0 Å². The van der Waals surface area contributed by atoms with Crippen LogP contribution in [-0.2, 0) is 6.42 Å². The molecule has 0 heterocycles. The van der Waals surface area contributed by atoms with E-state index >= 15 is 0 Å². The van der Waals surface area contributed by atoms with Crippen molar-refractivity contribution in [1.82, 2.24) is 5.32 Å². The molecule has 2 N–H and O–H groups in total. The monoisotopic (exact) mass is 177 g/mol. The van der Waals surface area contributed by atoms with Gasteiger partial charge in [-0.3, -0.25) is 0 Å².